The maximum absolute atomic E-state index is 10.7. The summed E-state index contributed by atoms with van der Waals surface area (Å²) in [6.07, 6.45) is 4.27. The third kappa shape index (κ3) is 2.69. The highest BCUT2D eigenvalue weighted by Gasteiger charge is 2.01. The minimum Gasteiger partial charge on any atom is -0.492 e. The van der Waals surface area contributed by atoms with Gasteiger partial charge in [-0.15, -0.1) is 0 Å². The van der Waals surface area contributed by atoms with Crippen molar-refractivity contribution in [2.75, 3.05) is 6.61 Å². The van der Waals surface area contributed by atoms with Crippen LogP contribution >= 0.6 is 0 Å². The van der Waals surface area contributed by atoms with E-state index in [0.29, 0.717) is 12.2 Å². The molecule has 0 amide bonds. The molecule has 0 atom stereocenters. The van der Waals surface area contributed by atoms with Crippen LogP contribution in [-0.4, -0.2) is 17.9 Å². The zero-order valence-corrected chi connectivity index (χ0v) is 9.59. The molecule has 0 aliphatic carbocycles. The average Bonchev–Trinajstić information content (AvgIpc) is 2.40. The van der Waals surface area contributed by atoms with Crippen molar-refractivity contribution >= 4 is 6.29 Å². The van der Waals surface area contributed by atoms with Gasteiger partial charge in [-0.3, -0.25) is 9.78 Å². The minimum absolute atomic E-state index is 0.611. The summed E-state index contributed by atoms with van der Waals surface area (Å²) in [5.41, 5.74) is 2.56. The predicted molar refractivity (Wildman–Crippen MR) is 66.2 cm³/mol. The number of benzene rings is 1. The lowest BCUT2D eigenvalue weighted by Gasteiger charge is -2.05. The molecule has 0 unspecified atom stereocenters. The Balaban J connectivity index is 2.37. The van der Waals surface area contributed by atoms with Crippen molar-refractivity contribution in [3.8, 4) is 16.9 Å². The second-order valence-electron chi connectivity index (χ2n) is 3.59. The zero-order valence-electron chi connectivity index (χ0n) is 9.59. The van der Waals surface area contributed by atoms with Gasteiger partial charge in [0.25, 0.3) is 0 Å². The molecule has 1 aromatic heterocycles. The minimum atomic E-state index is 0.611. The normalized spacial score (nSPS) is 9.94. The molecule has 86 valence electrons. The van der Waals surface area contributed by atoms with Crippen LogP contribution in [0.25, 0.3) is 11.1 Å². The fourth-order valence-electron chi connectivity index (χ4n) is 1.61. The zero-order chi connectivity index (χ0) is 12.1. The first-order chi connectivity index (χ1) is 8.33. The third-order valence-corrected chi connectivity index (χ3v) is 2.38. The van der Waals surface area contributed by atoms with Gasteiger partial charge in [0.2, 0.25) is 0 Å². The van der Waals surface area contributed by atoms with E-state index in [-0.39, 0.29) is 0 Å². The van der Waals surface area contributed by atoms with E-state index in [2.05, 4.69) is 4.98 Å². The molecule has 1 aromatic carbocycles. The van der Waals surface area contributed by atoms with Gasteiger partial charge in [0, 0.05) is 17.3 Å². The number of ether oxygens (including phenoxy) is 1. The summed E-state index contributed by atoms with van der Waals surface area (Å²) >= 11 is 0. The first-order valence-electron chi connectivity index (χ1n) is 5.47. The monoisotopic (exact) mass is 227 g/mol. The van der Waals surface area contributed by atoms with Crippen LogP contribution in [0.15, 0.2) is 42.7 Å². The first-order valence-corrected chi connectivity index (χ1v) is 5.47. The van der Waals surface area contributed by atoms with Crippen LogP contribution in [0.5, 0.6) is 5.75 Å². The first kappa shape index (κ1) is 11.3. The van der Waals surface area contributed by atoms with Crippen LogP contribution < -0.4 is 4.74 Å². The van der Waals surface area contributed by atoms with Crippen molar-refractivity contribution in [3.63, 3.8) is 0 Å². The second-order valence-corrected chi connectivity index (χ2v) is 3.59. The SMILES string of the molecule is CCOc1cncc(-c2cccc(C=O)c2)c1. The molecule has 0 saturated heterocycles. The van der Waals surface area contributed by atoms with Crippen LogP contribution in [0.4, 0.5) is 0 Å². The molecular formula is C14H13NO2. The van der Waals surface area contributed by atoms with Crippen molar-refractivity contribution < 1.29 is 9.53 Å². The molecule has 0 saturated carbocycles. The number of hydrogen-bond donors (Lipinski definition) is 0. The van der Waals surface area contributed by atoms with Gasteiger partial charge in [-0.05, 0) is 24.6 Å². The maximum atomic E-state index is 10.7. The smallest absolute Gasteiger partial charge is 0.150 e. The van der Waals surface area contributed by atoms with E-state index in [9.17, 15) is 4.79 Å². The Bertz CT molecular complexity index is 523. The molecule has 2 rings (SSSR count). The van der Waals surface area contributed by atoms with Gasteiger partial charge in [0.05, 0.1) is 12.8 Å². The van der Waals surface area contributed by atoms with Crippen LogP contribution in [0.1, 0.15) is 17.3 Å². The lowest BCUT2D eigenvalue weighted by molar-refractivity contribution is 0.112. The summed E-state index contributed by atoms with van der Waals surface area (Å²) in [6, 6.07) is 9.32. The Morgan fingerprint density at radius 3 is 2.88 bits per heavy atom. The number of carbonyl (C=O) groups excluding carboxylic acids is 1. The van der Waals surface area contributed by atoms with E-state index in [1.807, 2.05) is 31.2 Å². The third-order valence-electron chi connectivity index (χ3n) is 2.38. The van der Waals surface area contributed by atoms with E-state index in [4.69, 9.17) is 4.74 Å². The predicted octanol–water partition coefficient (Wildman–Crippen LogP) is 2.96. The van der Waals surface area contributed by atoms with Gasteiger partial charge in [0.1, 0.15) is 12.0 Å². The van der Waals surface area contributed by atoms with Gasteiger partial charge < -0.3 is 4.74 Å². The number of rotatable bonds is 4. The van der Waals surface area contributed by atoms with E-state index >= 15 is 0 Å². The number of aromatic nitrogens is 1. The van der Waals surface area contributed by atoms with Crippen molar-refractivity contribution in [2.24, 2.45) is 0 Å². The topological polar surface area (TPSA) is 39.2 Å². The molecular weight excluding hydrogens is 214 g/mol. The largest absolute Gasteiger partial charge is 0.492 e. The van der Waals surface area contributed by atoms with Gasteiger partial charge in [-0.25, -0.2) is 0 Å². The summed E-state index contributed by atoms with van der Waals surface area (Å²) in [5.74, 6) is 0.738. The molecule has 0 aliphatic rings. The molecule has 3 heteroatoms. The summed E-state index contributed by atoms with van der Waals surface area (Å²) in [7, 11) is 0. The van der Waals surface area contributed by atoms with Crippen molar-refractivity contribution in [2.45, 2.75) is 6.92 Å². The number of pyridine rings is 1. The highest BCUT2D eigenvalue weighted by Crippen LogP contribution is 2.23. The molecule has 0 spiro atoms. The van der Waals surface area contributed by atoms with Crippen LogP contribution in [0.3, 0.4) is 0 Å². The fourth-order valence-corrected chi connectivity index (χ4v) is 1.61. The Kier molecular flexibility index (Phi) is 3.50. The maximum Gasteiger partial charge on any atom is 0.150 e. The Hall–Kier alpha value is -2.16. The summed E-state index contributed by atoms with van der Waals surface area (Å²) in [5, 5.41) is 0. The van der Waals surface area contributed by atoms with E-state index in [1.54, 1.807) is 18.5 Å². The van der Waals surface area contributed by atoms with Crippen molar-refractivity contribution in [1.29, 1.82) is 0 Å². The molecule has 2 aromatic rings. The number of hydrogen-bond acceptors (Lipinski definition) is 3. The lowest BCUT2D eigenvalue weighted by Crippen LogP contribution is -1.92. The summed E-state index contributed by atoms with van der Waals surface area (Å²) in [4.78, 5) is 14.8. The standard InChI is InChI=1S/C14H13NO2/c1-2-17-14-7-13(8-15-9-14)12-5-3-4-11(6-12)10-16/h3-10H,2H2,1H3. The van der Waals surface area contributed by atoms with Crippen molar-refractivity contribution in [1.82, 2.24) is 4.98 Å². The highest BCUT2D eigenvalue weighted by molar-refractivity contribution is 5.78. The quantitative estimate of drug-likeness (QED) is 0.754. The molecule has 17 heavy (non-hydrogen) atoms. The fraction of sp³-hybridized carbons (Fsp3) is 0.143. The van der Waals surface area contributed by atoms with E-state index in [1.165, 1.54) is 0 Å². The Morgan fingerprint density at radius 1 is 1.24 bits per heavy atom. The Morgan fingerprint density at radius 2 is 2.12 bits per heavy atom. The Labute approximate surface area is 100 Å². The second kappa shape index (κ2) is 5.25. The summed E-state index contributed by atoms with van der Waals surface area (Å²) in [6.45, 7) is 2.54. The molecule has 3 nitrogen and oxygen atoms in total. The van der Waals surface area contributed by atoms with Gasteiger partial charge >= 0.3 is 0 Å². The van der Waals surface area contributed by atoms with E-state index in [0.717, 1.165) is 23.2 Å². The van der Waals surface area contributed by atoms with Crippen LogP contribution in [0, 0.1) is 0 Å². The van der Waals surface area contributed by atoms with Gasteiger partial charge in [-0.2, -0.15) is 0 Å². The van der Waals surface area contributed by atoms with Crippen molar-refractivity contribution in [3.05, 3.63) is 48.3 Å². The van der Waals surface area contributed by atoms with Crippen LogP contribution in [0.2, 0.25) is 0 Å². The average molecular weight is 227 g/mol. The molecule has 0 fully saturated rings. The molecule has 0 N–H and O–H groups in total. The molecule has 0 radical (unpaired) electrons. The molecule has 0 bridgehead atoms. The summed E-state index contributed by atoms with van der Waals surface area (Å²) < 4.78 is 5.39. The number of carbonyl (C=O) groups is 1. The molecule has 1 heterocycles. The van der Waals surface area contributed by atoms with E-state index < -0.39 is 0 Å². The van der Waals surface area contributed by atoms with Gasteiger partial charge in [0.15, 0.2) is 0 Å². The highest BCUT2D eigenvalue weighted by atomic mass is 16.5. The number of aldehydes is 1. The number of nitrogens with zero attached hydrogens (tertiary/aromatic N) is 1. The van der Waals surface area contributed by atoms with Crippen LogP contribution in [-0.2, 0) is 0 Å². The molecule has 0 aliphatic heterocycles. The lowest BCUT2D eigenvalue weighted by atomic mass is 10.1. The van der Waals surface area contributed by atoms with Gasteiger partial charge in [-0.1, -0.05) is 18.2 Å².